The standard InChI is InChI=1S/C18H21N5O3/c1-4-22-17(24)15-10-21(7-8-23(15)18(22)25)16-11(2)19-14-9-12(26-3)5-6-13(14)20-16/h5-6,9,15H,4,7-8,10H2,1-3H3. The Morgan fingerprint density at radius 3 is 2.73 bits per heavy atom. The minimum absolute atomic E-state index is 0.127. The van der Waals surface area contributed by atoms with Crippen molar-refractivity contribution in [2.75, 3.05) is 38.2 Å². The number of imide groups is 1. The molecule has 26 heavy (non-hydrogen) atoms. The van der Waals surface area contributed by atoms with Crippen molar-refractivity contribution in [3.05, 3.63) is 23.9 Å². The van der Waals surface area contributed by atoms with E-state index in [1.807, 2.05) is 32.0 Å². The molecule has 2 aromatic rings. The number of hydrogen-bond acceptors (Lipinski definition) is 6. The van der Waals surface area contributed by atoms with Crippen LogP contribution >= 0.6 is 0 Å². The van der Waals surface area contributed by atoms with Crippen LogP contribution in [0.1, 0.15) is 12.6 Å². The van der Waals surface area contributed by atoms with Crippen LogP contribution in [-0.4, -0.2) is 71.0 Å². The van der Waals surface area contributed by atoms with Crippen molar-refractivity contribution < 1.29 is 14.3 Å². The molecular weight excluding hydrogens is 334 g/mol. The second-order valence-corrected chi connectivity index (χ2v) is 6.51. The lowest BCUT2D eigenvalue weighted by molar-refractivity contribution is -0.128. The summed E-state index contributed by atoms with van der Waals surface area (Å²) in [4.78, 5) is 39.2. The van der Waals surface area contributed by atoms with Gasteiger partial charge in [0.1, 0.15) is 11.8 Å². The summed E-state index contributed by atoms with van der Waals surface area (Å²) in [7, 11) is 1.62. The molecule has 136 valence electrons. The fourth-order valence-electron chi connectivity index (χ4n) is 3.68. The molecule has 2 saturated heterocycles. The summed E-state index contributed by atoms with van der Waals surface area (Å²) < 4.78 is 5.24. The Kier molecular flexibility index (Phi) is 3.90. The maximum Gasteiger partial charge on any atom is 0.327 e. The van der Waals surface area contributed by atoms with E-state index in [1.54, 1.807) is 12.0 Å². The third-order valence-corrected chi connectivity index (χ3v) is 5.04. The molecule has 4 rings (SSSR count). The molecule has 2 aliphatic rings. The highest BCUT2D eigenvalue weighted by Crippen LogP contribution is 2.28. The van der Waals surface area contributed by atoms with Gasteiger partial charge in [0.05, 0.1) is 23.8 Å². The molecule has 3 heterocycles. The molecule has 2 aliphatic heterocycles. The molecule has 0 N–H and O–H groups in total. The average Bonchev–Trinajstić information content (AvgIpc) is 2.90. The molecule has 8 nitrogen and oxygen atoms in total. The van der Waals surface area contributed by atoms with Gasteiger partial charge in [0.25, 0.3) is 5.91 Å². The predicted molar refractivity (Wildman–Crippen MR) is 96.3 cm³/mol. The van der Waals surface area contributed by atoms with E-state index in [0.29, 0.717) is 26.2 Å². The van der Waals surface area contributed by atoms with E-state index in [-0.39, 0.29) is 11.9 Å². The average molecular weight is 355 g/mol. The van der Waals surface area contributed by atoms with Gasteiger partial charge in [-0.2, -0.15) is 0 Å². The Morgan fingerprint density at radius 2 is 2.00 bits per heavy atom. The van der Waals surface area contributed by atoms with E-state index in [4.69, 9.17) is 9.72 Å². The fourth-order valence-corrected chi connectivity index (χ4v) is 3.68. The Hall–Kier alpha value is -2.90. The fraction of sp³-hybridized carbons (Fsp3) is 0.444. The Labute approximate surface area is 151 Å². The van der Waals surface area contributed by atoms with E-state index in [9.17, 15) is 9.59 Å². The van der Waals surface area contributed by atoms with Gasteiger partial charge in [0.2, 0.25) is 0 Å². The minimum Gasteiger partial charge on any atom is -0.497 e. The van der Waals surface area contributed by atoms with Crippen LogP contribution in [0.25, 0.3) is 11.0 Å². The number of anilines is 1. The van der Waals surface area contributed by atoms with E-state index < -0.39 is 6.04 Å². The first-order chi connectivity index (χ1) is 12.5. The summed E-state index contributed by atoms with van der Waals surface area (Å²) in [5.74, 6) is 1.37. The number of amides is 3. The summed E-state index contributed by atoms with van der Waals surface area (Å²) in [5, 5.41) is 0. The number of carbonyl (C=O) groups excluding carboxylic acids is 2. The number of carbonyl (C=O) groups is 2. The quantitative estimate of drug-likeness (QED) is 0.775. The SMILES string of the molecule is CCN1C(=O)C2CN(c3nc4ccc(OC)cc4nc3C)CCN2C1=O. The summed E-state index contributed by atoms with van der Waals surface area (Å²) >= 11 is 0. The number of methoxy groups -OCH3 is 1. The lowest BCUT2D eigenvalue weighted by Gasteiger charge is -2.36. The number of benzene rings is 1. The molecule has 0 bridgehead atoms. The minimum atomic E-state index is -0.441. The lowest BCUT2D eigenvalue weighted by Crippen LogP contribution is -2.53. The van der Waals surface area contributed by atoms with Crippen LogP contribution in [0.4, 0.5) is 10.6 Å². The number of likely N-dealkylation sites (N-methyl/N-ethyl adjacent to an activating group) is 1. The molecule has 0 saturated carbocycles. The molecule has 1 unspecified atom stereocenters. The Morgan fingerprint density at radius 1 is 1.19 bits per heavy atom. The first kappa shape index (κ1) is 16.6. The first-order valence-electron chi connectivity index (χ1n) is 8.72. The molecule has 2 fully saturated rings. The normalized spacial score (nSPS) is 20.1. The first-order valence-corrected chi connectivity index (χ1v) is 8.72. The van der Waals surface area contributed by atoms with Crippen molar-refractivity contribution in [1.29, 1.82) is 0 Å². The summed E-state index contributed by atoms with van der Waals surface area (Å²) in [6, 6.07) is 4.96. The molecule has 1 aromatic heterocycles. The van der Waals surface area contributed by atoms with Crippen molar-refractivity contribution in [2.45, 2.75) is 19.9 Å². The van der Waals surface area contributed by atoms with Gasteiger partial charge in [-0.3, -0.25) is 9.69 Å². The second-order valence-electron chi connectivity index (χ2n) is 6.51. The van der Waals surface area contributed by atoms with Gasteiger partial charge >= 0.3 is 6.03 Å². The Balaban J connectivity index is 1.65. The molecule has 0 radical (unpaired) electrons. The number of nitrogens with zero attached hydrogens (tertiary/aromatic N) is 5. The van der Waals surface area contributed by atoms with Crippen molar-refractivity contribution in [1.82, 2.24) is 19.8 Å². The molecule has 0 spiro atoms. The van der Waals surface area contributed by atoms with Crippen LogP contribution < -0.4 is 9.64 Å². The smallest absolute Gasteiger partial charge is 0.327 e. The van der Waals surface area contributed by atoms with E-state index in [0.717, 1.165) is 28.3 Å². The number of piperazine rings is 1. The second kappa shape index (κ2) is 6.12. The van der Waals surface area contributed by atoms with Gasteiger partial charge in [0.15, 0.2) is 5.82 Å². The van der Waals surface area contributed by atoms with Crippen LogP contribution in [0.15, 0.2) is 18.2 Å². The van der Waals surface area contributed by atoms with Crippen LogP contribution in [0.5, 0.6) is 5.75 Å². The van der Waals surface area contributed by atoms with Gasteiger partial charge in [-0.15, -0.1) is 0 Å². The van der Waals surface area contributed by atoms with Crippen molar-refractivity contribution in [3.63, 3.8) is 0 Å². The highest BCUT2D eigenvalue weighted by Gasteiger charge is 2.47. The number of urea groups is 1. The summed E-state index contributed by atoms with van der Waals surface area (Å²) in [6.07, 6.45) is 0. The highest BCUT2D eigenvalue weighted by atomic mass is 16.5. The third-order valence-electron chi connectivity index (χ3n) is 5.04. The predicted octanol–water partition coefficient (Wildman–Crippen LogP) is 1.42. The van der Waals surface area contributed by atoms with Crippen LogP contribution in [0.3, 0.4) is 0 Å². The summed E-state index contributed by atoms with van der Waals surface area (Å²) in [5.41, 5.74) is 2.34. The summed E-state index contributed by atoms with van der Waals surface area (Å²) in [6.45, 7) is 5.71. The zero-order valence-corrected chi connectivity index (χ0v) is 15.1. The van der Waals surface area contributed by atoms with Crippen LogP contribution in [0.2, 0.25) is 0 Å². The van der Waals surface area contributed by atoms with Gasteiger partial charge < -0.3 is 14.5 Å². The third kappa shape index (κ3) is 2.44. The number of aromatic nitrogens is 2. The van der Waals surface area contributed by atoms with Crippen molar-refractivity contribution in [2.24, 2.45) is 0 Å². The number of hydrogen-bond donors (Lipinski definition) is 0. The van der Waals surface area contributed by atoms with Crippen LogP contribution in [-0.2, 0) is 4.79 Å². The molecule has 1 aromatic carbocycles. The van der Waals surface area contributed by atoms with Crippen molar-refractivity contribution >= 4 is 28.8 Å². The van der Waals surface area contributed by atoms with Gasteiger partial charge in [0, 0.05) is 32.2 Å². The largest absolute Gasteiger partial charge is 0.497 e. The highest BCUT2D eigenvalue weighted by molar-refractivity contribution is 6.04. The van der Waals surface area contributed by atoms with E-state index >= 15 is 0 Å². The topological polar surface area (TPSA) is 78.9 Å². The van der Waals surface area contributed by atoms with E-state index in [2.05, 4.69) is 9.88 Å². The maximum atomic E-state index is 12.5. The number of ether oxygens (including phenoxy) is 1. The number of aryl methyl sites for hydroxylation is 1. The van der Waals surface area contributed by atoms with Crippen LogP contribution in [0, 0.1) is 6.92 Å². The lowest BCUT2D eigenvalue weighted by atomic mass is 10.1. The number of rotatable bonds is 3. The Bertz CT molecular complexity index is 900. The monoisotopic (exact) mass is 355 g/mol. The van der Waals surface area contributed by atoms with Crippen molar-refractivity contribution in [3.8, 4) is 5.75 Å². The maximum absolute atomic E-state index is 12.5. The van der Waals surface area contributed by atoms with Gasteiger partial charge in [-0.1, -0.05) is 0 Å². The van der Waals surface area contributed by atoms with Gasteiger partial charge in [-0.25, -0.2) is 14.8 Å². The zero-order valence-electron chi connectivity index (χ0n) is 15.1. The molecular formula is C18H21N5O3. The zero-order chi connectivity index (χ0) is 18.4. The molecule has 3 amide bonds. The van der Waals surface area contributed by atoms with Gasteiger partial charge in [-0.05, 0) is 26.0 Å². The number of fused-ring (bicyclic) bond motifs is 2. The molecule has 1 atom stereocenters. The molecule has 0 aliphatic carbocycles. The molecule has 8 heteroatoms. The van der Waals surface area contributed by atoms with E-state index in [1.165, 1.54) is 4.90 Å².